The summed E-state index contributed by atoms with van der Waals surface area (Å²) in [6, 6.07) is 13.1. The molecule has 2 aromatic heterocycles. The van der Waals surface area contributed by atoms with Gasteiger partial charge in [-0.3, -0.25) is 14.3 Å². The number of rotatable bonds is 6. The van der Waals surface area contributed by atoms with Gasteiger partial charge in [-0.15, -0.1) is 0 Å². The van der Waals surface area contributed by atoms with Gasteiger partial charge >= 0.3 is 0 Å². The van der Waals surface area contributed by atoms with Crippen LogP contribution in [0.5, 0.6) is 0 Å². The maximum atomic E-state index is 12.3. The van der Waals surface area contributed by atoms with E-state index in [2.05, 4.69) is 15.6 Å². The number of aromatic nitrogens is 3. The fourth-order valence-electron chi connectivity index (χ4n) is 3.19. The molecular weight excluding hydrogens is 332 g/mol. The number of carbonyl (C=O) groups is 2. The highest BCUT2D eigenvalue weighted by Gasteiger charge is 2.31. The van der Waals surface area contributed by atoms with Crippen LogP contribution in [-0.2, 0) is 6.54 Å². The van der Waals surface area contributed by atoms with Gasteiger partial charge in [0.25, 0.3) is 5.91 Å². The average molecular weight is 350 g/mol. The Hall–Kier alpha value is -3.22. The third-order valence-corrected chi connectivity index (χ3v) is 4.60. The fourth-order valence-corrected chi connectivity index (χ4v) is 3.19. The highest BCUT2D eigenvalue weighted by molar-refractivity contribution is 5.92. The Morgan fingerprint density at radius 2 is 2.08 bits per heavy atom. The zero-order chi connectivity index (χ0) is 17.9. The van der Waals surface area contributed by atoms with E-state index in [1.165, 1.54) is 0 Å². The topological polar surface area (TPSA) is 90.0 Å². The van der Waals surface area contributed by atoms with Crippen LogP contribution in [-0.4, -0.2) is 33.2 Å². The van der Waals surface area contributed by atoms with E-state index in [0.29, 0.717) is 17.3 Å². The molecule has 7 heteroatoms. The molecule has 1 aliphatic rings. The van der Waals surface area contributed by atoms with Crippen molar-refractivity contribution in [3.05, 3.63) is 60.1 Å². The van der Waals surface area contributed by atoms with Gasteiger partial charge < -0.3 is 9.84 Å². The predicted octanol–water partition coefficient (Wildman–Crippen LogP) is 2.56. The van der Waals surface area contributed by atoms with E-state index in [4.69, 9.17) is 4.52 Å². The van der Waals surface area contributed by atoms with E-state index in [0.717, 1.165) is 31.2 Å². The van der Waals surface area contributed by atoms with Crippen LogP contribution in [0, 0.1) is 5.92 Å². The second-order valence-corrected chi connectivity index (χ2v) is 6.53. The highest BCUT2D eigenvalue weighted by atomic mass is 16.5. The van der Waals surface area contributed by atoms with E-state index in [1.54, 1.807) is 23.0 Å². The first kappa shape index (κ1) is 16.3. The summed E-state index contributed by atoms with van der Waals surface area (Å²) in [5, 5.41) is 11.1. The molecule has 0 saturated heterocycles. The summed E-state index contributed by atoms with van der Waals surface area (Å²) in [6.45, 7) is 0.751. The Labute approximate surface area is 150 Å². The van der Waals surface area contributed by atoms with Gasteiger partial charge in [0, 0.05) is 30.4 Å². The first-order chi connectivity index (χ1) is 12.7. The Bertz CT molecular complexity index is 910. The number of carbonyl (C=O) groups excluding carboxylic acids is 2. The number of hydrogen-bond donors (Lipinski definition) is 1. The lowest BCUT2D eigenvalue weighted by Crippen LogP contribution is -2.45. The van der Waals surface area contributed by atoms with Crippen LogP contribution in [0.2, 0.25) is 0 Å². The minimum absolute atomic E-state index is 0.124. The average Bonchev–Trinajstić information content (AvgIpc) is 3.30. The van der Waals surface area contributed by atoms with E-state index in [9.17, 15) is 9.59 Å². The van der Waals surface area contributed by atoms with Crippen molar-refractivity contribution in [2.24, 2.45) is 5.92 Å². The molecule has 2 heterocycles. The Kier molecular flexibility index (Phi) is 4.35. The fraction of sp³-hybridized carbons (Fsp3) is 0.263. The minimum atomic E-state index is -0.245. The molecule has 132 valence electrons. The zero-order valence-corrected chi connectivity index (χ0v) is 14.0. The van der Waals surface area contributed by atoms with Crippen LogP contribution in [0.15, 0.2) is 53.2 Å². The molecular formula is C19H18N4O3. The molecule has 0 aliphatic heterocycles. The van der Waals surface area contributed by atoms with E-state index < -0.39 is 0 Å². The molecule has 1 N–H and O–H groups in total. The SMILES string of the molecule is O=Cc1ccn(CC2CC(NC(=O)c3cc(-c4ccccc4)no3)C2)n1. The maximum Gasteiger partial charge on any atom is 0.290 e. The van der Waals surface area contributed by atoms with Crippen LogP contribution >= 0.6 is 0 Å². The van der Waals surface area contributed by atoms with Gasteiger partial charge in [-0.2, -0.15) is 5.10 Å². The van der Waals surface area contributed by atoms with Gasteiger partial charge in [0.15, 0.2) is 6.29 Å². The minimum Gasteiger partial charge on any atom is -0.350 e. The third-order valence-electron chi connectivity index (χ3n) is 4.60. The van der Waals surface area contributed by atoms with Crippen molar-refractivity contribution in [3.63, 3.8) is 0 Å². The van der Waals surface area contributed by atoms with Crippen LogP contribution < -0.4 is 5.32 Å². The molecule has 0 spiro atoms. The quantitative estimate of drug-likeness (QED) is 0.690. The molecule has 1 aliphatic carbocycles. The summed E-state index contributed by atoms with van der Waals surface area (Å²) >= 11 is 0. The van der Waals surface area contributed by atoms with Gasteiger partial charge in [0.05, 0.1) is 0 Å². The molecule has 1 saturated carbocycles. The van der Waals surface area contributed by atoms with Gasteiger partial charge in [0.1, 0.15) is 11.4 Å². The summed E-state index contributed by atoms with van der Waals surface area (Å²) in [4.78, 5) is 23.0. The standard InChI is InChI=1S/C19H18N4O3/c24-12-15-6-7-23(21-15)11-13-8-16(9-13)20-19(25)18-10-17(22-26-18)14-4-2-1-3-5-14/h1-7,10,12-13,16H,8-9,11H2,(H,20,25). The first-order valence-corrected chi connectivity index (χ1v) is 8.53. The molecule has 0 radical (unpaired) electrons. The molecule has 1 aromatic carbocycles. The second-order valence-electron chi connectivity index (χ2n) is 6.53. The number of nitrogens with zero attached hydrogens (tertiary/aromatic N) is 3. The second kappa shape index (κ2) is 6.95. The Morgan fingerprint density at radius 1 is 1.27 bits per heavy atom. The van der Waals surface area contributed by atoms with Gasteiger partial charge in [-0.1, -0.05) is 35.5 Å². The highest BCUT2D eigenvalue weighted by Crippen LogP contribution is 2.29. The summed E-state index contributed by atoms with van der Waals surface area (Å²) in [7, 11) is 0. The van der Waals surface area contributed by atoms with Gasteiger partial charge in [0.2, 0.25) is 5.76 Å². The molecule has 0 bridgehead atoms. The summed E-state index contributed by atoms with van der Waals surface area (Å²) in [6.07, 6.45) is 4.29. The lowest BCUT2D eigenvalue weighted by Gasteiger charge is -2.35. The van der Waals surface area contributed by atoms with Crippen LogP contribution in [0.3, 0.4) is 0 Å². The third kappa shape index (κ3) is 3.42. The molecule has 26 heavy (non-hydrogen) atoms. The number of nitrogens with one attached hydrogen (secondary N) is 1. The van der Waals surface area contributed by atoms with Crippen molar-refractivity contribution < 1.29 is 14.1 Å². The van der Waals surface area contributed by atoms with Crippen molar-refractivity contribution in [1.82, 2.24) is 20.3 Å². The lowest BCUT2D eigenvalue weighted by atomic mass is 9.80. The van der Waals surface area contributed by atoms with Crippen molar-refractivity contribution in [2.45, 2.75) is 25.4 Å². The van der Waals surface area contributed by atoms with Crippen LogP contribution in [0.1, 0.15) is 33.9 Å². The molecule has 4 rings (SSSR count). The lowest BCUT2D eigenvalue weighted by molar-refractivity contribution is 0.0842. The van der Waals surface area contributed by atoms with Crippen molar-refractivity contribution in [1.29, 1.82) is 0 Å². The number of amides is 1. The smallest absolute Gasteiger partial charge is 0.290 e. The Balaban J connectivity index is 1.28. The number of hydrogen-bond acceptors (Lipinski definition) is 5. The van der Waals surface area contributed by atoms with Gasteiger partial charge in [-0.25, -0.2) is 0 Å². The maximum absolute atomic E-state index is 12.3. The summed E-state index contributed by atoms with van der Waals surface area (Å²) in [5.41, 5.74) is 1.99. The van der Waals surface area contributed by atoms with Crippen LogP contribution in [0.4, 0.5) is 0 Å². The molecule has 1 fully saturated rings. The summed E-state index contributed by atoms with van der Waals surface area (Å²) in [5.74, 6) is 0.412. The first-order valence-electron chi connectivity index (χ1n) is 8.53. The summed E-state index contributed by atoms with van der Waals surface area (Å²) < 4.78 is 6.95. The number of benzene rings is 1. The van der Waals surface area contributed by atoms with Crippen molar-refractivity contribution in [3.8, 4) is 11.3 Å². The molecule has 0 atom stereocenters. The zero-order valence-electron chi connectivity index (χ0n) is 14.0. The monoisotopic (exact) mass is 350 g/mol. The van der Waals surface area contributed by atoms with Gasteiger partial charge in [-0.05, 0) is 24.8 Å². The normalized spacial score (nSPS) is 18.9. The molecule has 0 unspecified atom stereocenters. The van der Waals surface area contributed by atoms with E-state index in [1.807, 2.05) is 30.3 Å². The predicted molar refractivity (Wildman–Crippen MR) is 93.5 cm³/mol. The van der Waals surface area contributed by atoms with E-state index >= 15 is 0 Å². The van der Waals surface area contributed by atoms with E-state index in [-0.39, 0.29) is 17.7 Å². The molecule has 7 nitrogen and oxygen atoms in total. The molecule has 1 amide bonds. The Morgan fingerprint density at radius 3 is 2.81 bits per heavy atom. The van der Waals surface area contributed by atoms with Crippen LogP contribution in [0.25, 0.3) is 11.3 Å². The largest absolute Gasteiger partial charge is 0.350 e. The number of aldehydes is 1. The van der Waals surface area contributed by atoms with Crippen molar-refractivity contribution in [2.75, 3.05) is 0 Å². The van der Waals surface area contributed by atoms with Crippen molar-refractivity contribution >= 4 is 12.2 Å². The molecule has 3 aromatic rings.